The zero-order valence-corrected chi connectivity index (χ0v) is 12.8. The van der Waals surface area contributed by atoms with Crippen LogP contribution in [0.2, 0.25) is 0 Å². The van der Waals surface area contributed by atoms with Crippen molar-refractivity contribution >= 4 is 16.1 Å². The van der Waals surface area contributed by atoms with E-state index in [0.29, 0.717) is 5.56 Å². The lowest BCUT2D eigenvalue weighted by atomic mass is 10.2. The largest absolute Gasteiger partial charge is 0.493 e. The first-order chi connectivity index (χ1) is 10.5. The average molecular weight is 332 g/mol. The molecule has 1 aromatic carbocycles. The Morgan fingerprint density at radius 1 is 1.32 bits per heavy atom. The summed E-state index contributed by atoms with van der Waals surface area (Å²) in [5.74, 6) is -0.986. The molecule has 0 bridgehead atoms. The average Bonchev–Trinajstić information content (AvgIpc) is 2.50. The van der Waals surface area contributed by atoms with Gasteiger partial charge in [0.15, 0.2) is 6.10 Å². The number of hydrogen-bond donors (Lipinski definition) is 0. The molecule has 0 aliphatic carbocycles. The lowest BCUT2D eigenvalue weighted by molar-refractivity contribution is -0.135. The fourth-order valence-electron chi connectivity index (χ4n) is 1.39. The third kappa shape index (κ3) is 7.19. The van der Waals surface area contributed by atoms with Gasteiger partial charge in [-0.1, -0.05) is 30.3 Å². The summed E-state index contributed by atoms with van der Waals surface area (Å²) < 4.78 is 50.1. The normalized spacial score (nSPS) is 13.0. The van der Waals surface area contributed by atoms with Gasteiger partial charge < -0.3 is 9.47 Å². The topological polar surface area (TPSA) is 78.9 Å². The maximum Gasteiger partial charge on any atom is 0.333 e. The van der Waals surface area contributed by atoms with Gasteiger partial charge in [0.05, 0.1) is 19.4 Å². The van der Waals surface area contributed by atoms with Gasteiger partial charge >= 0.3 is 5.97 Å². The summed E-state index contributed by atoms with van der Waals surface area (Å²) in [5.41, 5.74) is 0.561. The summed E-state index contributed by atoms with van der Waals surface area (Å²) in [7, 11) is -2.67. The summed E-state index contributed by atoms with van der Waals surface area (Å²) >= 11 is 0. The van der Waals surface area contributed by atoms with Crippen molar-refractivity contribution in [1.29, 1.82) is 0 Å². The molecule has 1 rings (SSSR count). The van der Waals surface area contributed by atoms with E-state index in [4.69, 9.17) is 8.92 Å². The van der Waals surface area contributed by atoms with Crippen molar-refractivity contribution in [3.8, 4) is 0 Å². The maximum atomic E-state index is 12.7. The molecule has 1 atom stereocenters. The van der Waals surface area contributed by atoms with E-state index < -0.39 is 35.5 Å². The summed E-state index contributed by atoms with van der Waals surface area (Å²) in [4.78, 5) is 10.8. The fraction of sp³-hybridized carbons (Fsp3) is 0.357. The fourth-order valence-corrected chi connectivity index (χ4v) is 2.44. The Kier molecular flexibility index (Phi) is 7.55. The molecule has 122 valence electrons. The smallest absolute Gasteiger partial charge is 0.333 e. The second-order valence-electron chi connectivity index (χ2n) is 4.21. The Hall–Kier alpha value is -1.93. The molecule has 6 nitrogen and oxygen atoms in total. The number of carbonyl (C=O) groups is 1. The summed E-state index contributed by atoms with van der Waals surface area (Å²) in [6, 6.07) is 8.45. The highest BCUT2D eigenvalue weighted by atomic mass is 32.2. The number of rotatable bonds is 9. The van der Waals surface area contributed by atoms with Crippen LogP contribution in [0.1, 0.15) is 5.56 Å². The Balaban J connectivity index is 2.47. The Morgan fingerprint density at radius 3 is 2.59 bits per heavy atom. The number of carbonyl (C=O) groups excluding carboxylic acids is 1. The van der Waals surface area contributed by atoms with Gasteiger partial charge in [-0.25, -0.2) is 9.18 Å². The van der Waals surface area contributed by atoms with Gasteiger partial charge in [0.1, 0.15) is 19.0 Å². The molecule has 0 amide bonds. The predicted octanol–water partition coefficient (Wildman–Crippen LogP) is 1.57. The van der Waals surface area contributed by atoms with Crippen LogP contribution in [0, 0.1) is 0 Å². The van der Waals surface area contributed by atoms with Crippen LogP contribution in [0.15, 0.2) is 42.7 Å². The zero-order valence-electron chi connectivity index (χ0n) is 12.0. The van der Waals surface area contributed by atoms with Crippen molar-refractivity contribution in [1.82, 2.24) is 0 Å². The number of benzene rings is 1. The predicted molar refractivity (Wildman–Crippen MR) is 77.0 cm³/mol. The van der Waals surface area contributed by atoms with Crippen LogP contribution in [0.4, 0.5) is 4.39 Å². The van der Waals surface area contributed by atoms with Crippen LogP contribution in [-0.4, -0.2) is 40.9 Å². The molecule has 0 aromatic heterocycles. The summed E-state index contributed by atoms with van der Waals surface area (Å²) in [5, 5.41) is 0. The van der Waals surface area contributed by atoms with Crippen LogP contribution < -0.4 is 0 Å². The van der Waals surface area contributed by atoms with Crippen molar-refractivity contribution < 1.29 is 31.3 Å². The summed E-state index contributed by atoms with van der Waals surface area (Å²) in [6.45, 7) is -1.45. The first-order valence-electron chi connectivity index (χ1n) is 6.34. The van der Waals surface area contributed by atoms with Gasteiger partial charge in [-0.2, -0.15) is 8.42 Å². The first kappa shape index (κ1) is 18.1. The molecular weight excluding hydrogens is 315 g/mol. The second kappa shape index (κ2) is 9.16. The number of alkyl halides is 1. The van der Waals surface area contributed by atoms with Crippen molar-refractivity contribution in [3.63, 3.8) is 0 Å². The molecule has 0 unspecified atom stereocenters. The van der Waals surface area contributed by atoms with Crippen LogP contribution in [-0.2, 0) is 34.3 Å². The SMILES string of the molecule is COC(=O)/C=C/O[C@H](CF)COS(=O)(=O)Cc1ccccc1. The molecule has 22 heavy (non-hydrogen) atoms. The van der Waals surface area contributed by atoms with Crippen molar-refractivity contribution in [2.45, 2.75) is 11.9 Å². The molecule has 0 saturated carbocycles. The lowest BCUT2D eigenvalue weighted by Crippen LogP contribution is -2.23. The number of esters is 1. The van der Waals surface area contributed by atoms with E-state index in [2.05, 4.69) is 4.74 Å². The van der Waals surface area contributed by atoms with Gasteiger partial charge in [-0.05, 0) is 5.56 Å². The van der Waals surface area contributed by atoms with Crippen molar-refractivity contribution in [2.24, 2.45) is 0 Å². The Morgan fingerprint density at radius 2 is 2.00 bits per heavy atom. The van der Waals surface area contributed by atoms with Crippen LogP contribution >= 0.6 is 0 Å². The van der Waals surface area contributed by atoms with E-state index in [1.54, 1.807) is 30.3 Å². The second-order valence-corrected chi connectivity index (χ2v) is 5.85. The van der Waals surface area contributed by atoms with E-state index in [0.717, 1.165) is 12.3 Å². The molecule has 0 aliphatic heterocycles. The number of ether oxygens (including phenoxy) is 2. The highest BCUT2D eigenvalue weighted by Gasteiger charge is 2.17. The highest BCUT2D eigenvalue weighted by molar-refractivity contribution is 7.85. The number of methoxy groups -OCH3 is 1. The van der Waals surface area contributed by atoms with Gasteiger partial charge in [0, 0.05) is 0 Å². The molecule has 0 spiro atoms. The third-order valence-electron chi connectivity index (χ3n) is 2.47. The maximum absolute atomic E-state index is 12.7. The standard InChI is InChI=1S/C14H17FO6S/c1-19-14(16)7-8-20-13(9-15)10-21-22(17,18)11-12-5-3-2-4-6-12/h2-8,13H,9-11H2,1H3/b8-7+/t13-/m1/s1. The van der Waals surface area contributed by atoms with Gasteiger partial charge in [-0.3, -0.25) is 4.18 Å². The Labute approximate surface area is 128 Å². The monoisotopic (exact) mass is 332 g/mol. The molecule has 0 heterocycles. The molecule has 0 aliphatic rings. The van der Waals surface area contributed by atoms with Gasteiger partial charge in [-0.15, -0.1) is 0 Å². The highest BCUT2D eigenvalue weighted by Crippen LogP contribution is 2.08. The zero-order chi connectivity index (χ0) is 16.4. The summed E-state index contributed by atoms with van der Waals surface area (Å²) in [6.07, 6.45) is 0.746. The van der Waals surface area contributed by atoms with Crippen LogP contribution in [0.5, 0.6) is 0 Å². The van der Waals surface area contributed by atoms with Crippen molar-refractivity contribution in [2.75, 3.05) is 20.4 Å². The molecule has 0 N–H and O–H groups in total. The minimum Gasteiger partial charge on any atom is -0.493 e. The molecule has 1 aromatic rings. The minimum absolute atomic E-state index is 0.315. The minimum atomic E-state index is -3.85. The van der Waals surface area contributed by atoms with Gasteiger partial charge in [0.25, 0.3) is 10.1 Å². The Bertz CT molecular complexity index is 585. The molecule has 0 saturated heterocycles. The van der Waals surface area contributed by atoms with Crippen LogP contribution in [0.25, 0.3) is 0 Å². The molecule has 0 fully saturated rings. The third-order valence-corrected chi connectivity index (χ3v) is 3.65. The molecular formula is C14H17FO6S. The van der Waals surface area contributed by atoms with Crippen LogP contribution in [0.3, 0.4) is 0 Å². The number of hydrogen-bond acceptors (Lipinski definition) is 6. The first-order valence-corrected chi connectivity index (χ1v) is 7.91. The van der Waals surface area contributed by atoms with E-state index in [1.807, 2.05) is 0 Å². The van der Waals surface area contributed by atoms with E-state index in [9.17, 15) is 17.6 Å². The van der Waals surface area contributed by atoms with E-state index in [1.165, 1.54) is 7.11 Å². The quantitative estimate of drug-likeness (QED) is 0.296. The van der Waals surface area contributed by atoms with E-state index >= 15 is 0 Å². The lowest BCUT2D eigenvalue weighted by Gasteiger charge is -2.13. The van der Waals surface area contributed by atoms with Gasteiger partial charge in [0.2, 0.25) is 0 Å². The molecule has 8 heteroatoms. The number of halogens is 1. The van der Waals surface area contributed by atoms with E-state index in [-0.39, 0.29) is 5.75 Å². The molecule has 0 radical (unpaired) electrons. The van der Waals surface area contributed by atoms with Crippen molar-refractivity contribution in [3.05, 3.63) is 48.2 Å².